The fourth-order valence-corrected chi connectivity index (χ4v) is 3.10. The first-order valence-corrected chi connectivity index (χ1v) is 8.10. The molecule has 3 atom stereocenters. The Balaban J connectivity index is 1.67. The number of nitrogens with zero attached hydrogens (tertiary/aromatic N) is 1. The molecule has 2 heterocycles. The molecule has 2 N–H and O–H groups in total. The van der Waals surface area contributed by atoms with Crippen LogP contribution in [0.1, 0.15) is 31.2 Å². The zero-order valence-corrected chi connectivity index (χ0v) is 12.7. The average molecular weight is 283 g/mol. The van der Waals surface area contributed by atoms with Crippen LogP contribution in [0.5, 0.6) is 0 Å². The van der Waals surface area contributed by atoms with Crippen molar-refractivity contribution in [1.29, 1.82) is 0 Å². The minimum Gasteiger partial charge on any atom is -0.379 e. The zero-order chi connectivity index (χ0) is 13.5. The van der Waals surface area contributed by atoms with Gasteiger partial charge in [-0.15, -0.1) is 11.3 Å². The minimum absolute atomic E-state index is 0.490. The summed E-state index contributed by atoms with van der Waals surface area (Å²) in [6.07, 6.45) is 3.06. The molecule has 1 aromatic rings. The maximum Gasteiger partial charge on any atom is 0.0965 e. The number of hydrogen-bond acceptors (Lipinski definition) is 5. The minimum atomic E-state index is 0.490. The summed E-state index contributed by atoms with van der Waals surface area (Å²) >= 11 is 1.74. The lowest BCUT2D eigenvalue weighted by Gasteiger charge is -2.20. The van der Waals surface area contributed by atoms with Crippen molar-refractivity contribution in [2.24, 2.45) is 5.92 Å². The molecule has 1 saturated heterocycles. The second-order valence-corrected chi connectivity index (χ2v) is 6.21. The predicted octanol–water partition coefficient (Wildman–Crippen LogP) is 1.85. The quantitative estimate of drug-likeness (QED) is 0.764. The number of hydrogen-bond donors (Lipinski definition) is 2. The van der Waals surface area contributed by atoms with Crippen LogP contribution < -0.4 is 10.6 Å². The van der Waals surface area contributed by atoms with Crippen LogP contribution in [0.3, 0.4) is 0 Å². The van der Waals surface area contributed by atoms with E-state index in [-0.39, 0.29) is 0 Å². The van der Waals surface area contributed by atoms with Gasteiger partial charge in [0, 0.05) is 42.5 Å². The molecule has 1 fully saturated rings. The van der Waals surface area contributed by atoms with Gasteiger partial charge in [-0.1, -0.05) is 13.8 Å². The molecule has 108 valence electrons. The van der Waals surface area contributed by atoms with E-state index in [1.54, 1.807) is 11.3 Å². The van der Waals surface area contributed by atoms with Crippen molar-refractivity contribution in [1.82, 2.24) is 15.6 Å². The second-order valence-electron chi connectivity index (χ2n) is 5.29. The number of aromatic nitrogens is 1. The highest BCUT2D eigenvalue weighted by atomic mass is 32.1. The summed E-state index contributed by atoms with van der Waals surface area (Å²) in [5, 5.41) is 10.4. The Bertz CT molecular complexity index is 344. The van der Waals surface area contributed by atoms with Crippen LogP contribution in [0.15, 0.2) is 11.6 Å². The Morgan fingerprint density at radius 3 is 3.16 bits per heavy atom. The first kappa shape index (κ1) is 14.9. The number of ether oxygens (including phenoxy) is 1. The van der Waals surface area contributed by atoms with Crippen molar-refractivity contribution >= 4 is 11.3 Å². The van der Waals surface area contributed by atoms with Gasteiger partial charge in [0.05, 0.1) is 18.2 Å². The Kier molecular flexibility index (Phi) is 6.23. The smallest absolute Gasteiger partial charge is 0.0965 e. The number of nitrogens with one attached hydrogen (secondary N) is 2. The van der Waals surface area contributed by atoms with Crippen molar-refractivity contribution in [2.45, 2.75) is 32.2 Å². The second kappa shape index (κ2) is 7.94. The molecular formula is C14H25N3OS. The van der Waals surface area contributed by atoms with Crippen LogP contribution in [-0.2, 0) is 4.74 Å². The third-order valence-electron chi connectivity index (χ3n) is 3.58. The Hall–Kier alpha value is -0.490. The normalized spacial score (nSPS) is 24.7. The molecule has 1 aromatic heterocycles. The van der Waals surface area contributed by atoms with Gasteiger partial charge in [-0.25, -0.2) is 4.98 Å². The molecule has 0 amide bonds. The summed E-state index contributed by atoms with van der Waals surface area (Å²) < 4.78 is 5.58. The van der Waals surface area contributed by atoms with E-state index in [1.165, 1.54) is 11.4 Å². The highest BCUT2D eigenvalue weighted by molar-refractivity contribution is 7.09. The summed E-state index contributed by atoms with van der Waals surface area (Å²) in [5.74, 6) is 1.08. The van der Waals surface area contributed by atoms with Gasteiger partial charge in [0.15, 0.2) is 0 Å². The van der Waals surface area contributed by atoms with E-state index in [0.29, 0.717) is 17.9 Å². The van der Waals surface area contributed by atoms with E-state index in [0.717, 1.165) is 32.8 Å². The first-order chi connectivity index (χ1) is 9.31. The molecule has 1 aliphatic rings. The van der Waals surface area contributed by atoms with Crippen LogP contribution in [0.25, 0.3) is 0 Å². The molecule has 0 spiro atoms. The van der Waals surface area contributed by atoms with E-state index in [9.17, 15) is 0 Å². The standard InChI is InChI=1S/C14H25N3OS/c1-3-4-16-13-10-18-9-12(13)8-15-7-11(2)14-17-5-6-19-14/h5-6,11-13,15-16H,3-4,7-10H2,1-2H3. The molecule has 19 heavy (non-hydrogen) atoms. The largest absolute Gasteiger partial charge is 0.379 e. The van der Waals surface area contributed by atoms with Gasteiger partial charge < -0.3 is 15.4 Å². The zero-order valence-electron chi connectivity index (χ0n) is 11.9. The monoisotopic (exact) mass is 283 g/mol. The molecule has 5 heteroatoms. The summed E-state index contributed by atoms with van der Waals surface area (Å²) in [5.41, 5.74) is 0. The molecule has 2 rings (SSSR count). The molecule has 0 radical (unpaired) electrons. The van der Waals surface area contributed by atoms with E-state index in [4.69, 9.17) is 4.74 Å². The van der Waals surface area contributed by atoms with Crippen LogP contribution in [0, 0.1) is 5.92 Å². The van der Waals surface area contributed by atoms with E-state index in [2.05, 4.69) is 29.5 Å². The van der Waals surface area contributed by atoms with Crippen molar-refractivity contribution in [2.75, 3.05) is 32.8 Å². The van der Waals surface area contributed by atoms with Crippen LogP contribution in [0.2, 0.25) is 0 Å². The molecule has 1 aliphatic heterocycles. The molecule has 0 aliphatic carbocycles. The van der Waals surface area contributed by atoms with E-state index >= 15 is 0 Å². The highest BCUT2D eigenvalue weighted by Gasteiger charge is 2.27. The summed E-state index contributed by atoms with van der Waals surface area (Å²) in [6.45, 7) is 9.26. The lowest BCUT2D eigenvalue weighted by Crippen LogP contribution is -2.41. The van der Waals surface area contributed by atoms with Crippen molar-refractivity contribution in [3.05, 3.63) is 16.6 Å². The van der Waals surface area contributed by atoms with Crippen LogP contribution >= 0.6 is 11.3 Å². The van der Waals surface area contributed by atoms with Gasteiger partial charge in [-0.2, -0.15) is 0 Å². The SMILES string of the molecule is CCCNC1COCC1CNCC(C)c1nccs1. The molecule has 0 aromatic carbocycles. The maximum absolute atomic E-state index is 5.58. The van der Waals surface area contributed by atoms with Gasteiger partial charge in [-0.3, -0.25) is 0 Å². The third kappa shape index (κ3) is 4.53. The summed E-state index contributed by atoms with van der Waals surface area (Å²) in [4.78, 5) is 4.36. The van der Waals surface area contributed by atoms with Gasteiger partial charge in [0.2, 0.25) is 0 Å². The molecule has 0 bridgehead atoms. The average Bonchev–Trinajstić information content (AvgIpc) is 3.07. The van der Waals surface area contributed by atoms with Crippen LogP contribution in [0.4, 0.5) is 0 Å². The number of thiazole rings is 1. The summed E-state index contributed by atoms with van der Waals surface area (Å²) in [6, 6.07) is 0.516. The van der Waals surface area contributed by atoms with Gasteiger partial charge >= 0.3 is 0 Å². The maximum atomic E-state index is 5.58. The van der Waals surface area contributed by atoms with Crippen molar-refractivity contribution in [3.8, 4) is 0 Å². The third-order valence-corrected chi connectivity index (χ3v) is 4.59. The molecular weight excluding hydrogens is 258 g/mol. The van der Waals surface area contributed by atoms with E-state index < -0.39 is 0 Å². The Labute approximate surface area is 120 Å². The fraction of sp³-hybridized carbons (Fsp3) is 0.786. The Morgan fingerprint density at radius 2 is 2.42 bits per heavy atom. The molecule has 0 saturated carbocycles. The molecule has 4 nitrogen and oxygen atoms in total. The van der Waals surface area contributed by atoms with Crippen molar-refractivity contribution < 1.29 is 4.74 Å². The van der Waals surface area contributed by atoms with Gasteiger partial charge in [0.1, 0.15) is 0 Å². The van der Waals surface area contributed by atoms with E-state index in [1.807, 2.05) is 11.6 Å². The lowest BCUT2D eigenvalue weighted by atomic mass is 10.0. The predicted molar refractivity (Wildman–Crippen MR) is 79.8 cm³/mol. The lowest BCUT2D eigenvalue weighted by molar-refractivity contribution is 0.182. The first-order valence-electron chi connectivity index (χ1n) is 7.22. The fourth-order valence-electron chi connectivity index (χ4n) is 2.41. The van der Waals surface area contributed by atoms with Crippen molar-refractivity contribution in [3.63, 3.8) is 0 Å². The van der Waals surface area contributed by atoms with Crippen LogP contribution in [-0.4, -0.2) is 43.9 Å². The van der Waals surface area contributed by atoms with Gasteiger partial charge in [-0.05, 0) is 13.0 Å². The molecule has 3 unspecified atom stereocenters. The van der Waals surface area contributed by atoms with Gasteiger partial charge in [0.25, 0.3) is 0 Å². The topological polar surface area (TPSA) is 46.2 Å². The summed E-state index contributed by atoms with van der Waals surface area (Å²) in [7, 11) is 0. The Morgan fingerprint density at radius 1 is 1.53 bits per heavy atom. The number of rotatable bonds is 8. The highest BCUT2D eigenvalue weighted by Crippen LogP contribution is 2.17.